The van der Waals surface area contributed by atoms with Gasteiger partial charge in [0, 0.05) is 29.6 Å². The van der Waals surface area contributed by atoms with Crippen LogP contribution in [0.3, 0.4) is 0 Å². The van der Waals surface area contributed by atoms with Gasteiger partial charge in [0.05, 0.1) is 0 Å². The van der Waals surface area contributed by atoms with Crippen LogP contribution in [-0.2, 0) is 6.42 Å². The molecule has 0 bridgehead atoms. The quantitative estimate of drug-likeness (QED) is 0.785. The van der Waals surface area contributed by atoms with Gasteiger partial charge in [-0.1, -0.05) is 42.5 Å². The molecule has 2 heterocycles. The molecular formula is C22H22N2O2. The Morgan fingerprint density at radius 1 is 1.04 bits per heavy atom. The summed E-state index contributed by atoms with van der Waals surface area (Å²) in [7, 11) is 0. The van der Waals surface area contributed by atoms with Crippen molar-refractivity contribution >= 4 is 16.8 Å². The first-order valence-corrected chi connectivity index (χ1v) is 9.19. The molecule has 4 nitrogen and oxygen atoms in total. The van der Waals surface area contributed by atoms with Crippen molar-refractivity contribution in [3.63, 3.8) is 0 Å². The first-order valence-electron chi connectivity index (χ1n) is 9.19. The highest BCUT2D eigenvalue weighted by Crippen LogP contribution is 2.22. The standard InChI is InChI=1S/C22H22N2O2/c25-21-15-20(23-19-12-5-4-11-18(19)21)22(26)24-13-7-6-10-17(24)14-16-8-2-1-3-9-16/h1-5,8-9,11-12,15,17H,6-7,10,13-14H2,(H,23,25)/t17-/m1/s1. The summed E-state index contributed by atoms with van der Waals surface area (Å²) in [5, 5.41) is 0.614. The predicted molar refractivity (Wildman–Crippen MR) is 103 cm³/mol. The van der Waals surface area contributed by atoms with E-state index in [1.807, 2.05) is 41.3 Å². The molecule has 1 amide bonds. The first kappa shape index (κ1) is 16.6. The van der Waals surface area contributed by atoms with Gasteiger partial charge in [-0.2, -0.15) is 0 Å². The molecule has 1 aromatic heterocycles. The molecular weight excluding hydrogens is 324 g/mol. The number of likely N-dealkylation sites (tertiary alicyclic amines) is 1. The molecule has 4 rings (SSSR count). The van der Waals surface area contributed by atoms with E-state index in [0.717, 1.165) is 32.2 Å². The number of amides is 1. The third-order valence-corrected chi connectivity index (χ3v) is 5.17. The SMILES string of the molecule is O=C(c1cc(=O)c2ccccc2[nH]1)N1CCCC[C@@H]1Cc1ccccc1. The maximum Gasteiger partial charge on any atom is 0.270 e. The summed E-state index contributed by atoms with van der Waals surface area (Å²) in [6.07, 6.45) is 3.99. The lowest BCUT2D eigenvalue weighted by atomic mass is 9.95. The summed E-state index contributed by atoms with van der Waals surface area (Å²) < 4.78 is 0. The van der Waals surface area contributed by atoms with Gasteiger partial charge in [0.15, 0.2) is 5.43 Å². The molecule has 4 heteroatoms. The van der Waals surface area contributed by atoms with Crippen molar-refractivity contribution in [1.82, 2.24) is 9.88 Å². The molecule has 1 fully saturated rings. The zero-order chi connectivity index (χ0) is 17.9. The Morgan fingerprint density at radius 3 is 2.65 bits per heavy atom. The molecule has 26 heavy (non-hydrogen) atoms. The highest BCUT2D eigenvalue weighted by atomic mass is 16.2. The van der Waals surface area contributed by atoms with Crippen LogP contribution < -0.4 is 5.43 Å². The van der Waals surface area contributed by atoms with Crippen LogP contribution in [0.5, 0.6) is 0 Å². The minimum absolute atomic E-state index is 0.0755. The Kier molecular flexibility index (Phi) is 4.57. The van der Waals surface area contributed by atoms with E-state index in [9.17, 15) is 9.59 Å². The monoisotopic (exact) mass is 346 g/mol. The van der Waals surface area contributed by atoms with Crippen LogP contribution in [0.4, 0.5) is 0 Å². The van der Waals surface area contributed by atoms with E-state index in [-0.39, 0.29) is 17.4 Å². The number of aromatic nitrogens is 1. The number of nitrogens with one attached hydrogen (secondary N) is 1. The summed E-state index contributed by atoms with van der Waals surface area (Å²) in [6, 6.07) is 19.2. The van der Waals surface area contributed by atoms with Crippen LogP contribution in [0.2, 0.25) is 0 Å². The summed E-state index contributed by atoms with van der Waals surface area (Å²) >= 11 is 0. The van der Waals surface area contributed by atoms with Crippen LogP contribution in [0.15, 0.2) is 65.5 Å². The molecule has 1 atom stereocenters. The lowest BCUT2D eigenvalue weighted by Gasteiger charge is -2.36. The highest BCUT2D eigenvalue weighted by Gasteiger charge is 2.28. The number of benzene rings is 2. The van der Waals surface area contributed by atoms with Crippen LogP contribution >= 0.6 is 0 Å². The van der Waals surface area contributed by atoms with Gasteiger partial charge in [0.25, 0.3) is 5.91 Å². The normalized spacial score (nSPS) is 17.4. The fourth-order valence-corrected chi connectivity index (χ4v) is 3.83. The number of hydrogen-bond donors (Lipinski definition) is 1. The molecule has 1 saturated heterocycles. The minimum atomic E-state index is -0.112. The van der Waals surface area contributed by atoms with Crippen LogP contribution in [-0.4, -0.2) is 28.4 Å². The van der Waals surface area contributed by atoms with E-state index in [4.69, 9.17) is 0 Å². The summed E-state index contributed by atoms with van der Waals surface area (Å²) in [5.41, 5.74) is 2.22. The lowest BCUT2D eigenvalue weighted by molar-refractivity contribution is 0.0608. The number of carbonyl (C=O) groups excluding carboxylic acids is 1. The van der Waals surface area contributed by atoms with Crippen LogP contribution in [0.1, 0.15) is 35.3 Å². The fourth-order valence-electron chi connectivity index (χ4n) is 3.83. The van der Waals surface area contributed by atoms with Gasteiger partial charge in [0.1, 0.15) is 5.69 Å². The number of para-hydroxylation sites is 1. The second-order valence-corrected chi connectivity index (χ2v) is 6.93. The fraction of sp³-hybridized carbons (Fsp3) is 0.273. The van der Waals surface area contributed by atoms with E-state index >= 15 is 0 Å². The summed E-state index contributed by atoms with van der Waals surface area (Å²) in [6.45, 7) is 0.741. The molecule has 0 unspecified atom stereocenters. The zero-order valence-corrected chi connectivity index (χ0v) is 14.7. The number of nitrogens with zero attached hydrogens (tertiary/aromatic N) is 1. The van der Waals surface area contributed by atoms with Gasteiger partial charge in [-0.15, -0.1) is 0 Å². The molecule has 132 valence electrons. The van der Waals surface area contributed by atoms with Crippen molar-refractivity contribution in [3.8, 4) is 0 Å². The third kappa shape index (κ3) is 3.27. The number of piperidine rings is 1. The van der Waals surface area contributed by atoms with Crippen LogP contribution in [0.25, 0.3) is 10.9 Å². The van der Waals surface area contributed by atoms with Crippen molar-refractivity contribution in [2.24, 2.45) is 0 Å². The van der Waals surface area contributed by atoms with Crippen molar-refractivity contribution in [3.05, 3.63) is 82.1 Å². The molecule has 0 radical (unpaired) electrons. The Balaban J connectivity index is 1.64. The predicted octanol–water partition coefficient (Wildman–Crippen LogP) is 3.77. The molecule has 3 aromatic rings. The Hall–Kier alpha value is -2.88. The smallest absolute Gasteiger partial charge is 0.270 e. The Morgan fingerprint density at radius 2 is 1.81 bits per heavy atom. The molecule has 2 aromatic carbocycles. The van der Waals surface area contributed by atoms with E-state index in [1.54, 1.807) is 6.07 Å². The molecule has 1 N–H and O–H groups in total. The summed E-state index contributed by atoms with van der Waals surface area (Å²) in [4.78, 5) is 30.6. The van der Waals surface area contributed by atoms with Gasteiger partial charge in [-0.05, 0) is 43.4 Å². The lowest BCUT2D eigenvalue weighted by Crippen LogP contribution is -2.45. The van der Waals surface area contributed by atoms with Gasteiger partial charge >= 0.3 is 0 Å². The van der Waals surface area contributed by atoms with E-state index in [0.29, 0.717) is 16.6 Å². The van der Waals surface area contributed by atoms with Crippen molar-refractivity contribution in [2.45, 2.75) is 31.7 Å². The number of aromatic amines is 1. The van der Waals surface area contributed by atoms with E-state index < -0.39 is 0 Å². The number of hydrogen-bond acceptors (Lipinski definition) is 2. The Labute approximate surface area is 152 Å². The third-order valence-electron chi connectivity index (χ3n) is 5.17. The minimum Gasteiger partial charge on any atom is -0.350 e. The number of H-pyrrole nitrogens is 1. The highest BCUT2D eigenvalue weighted by molar-refractivity contribution is 5.95. The second-order valence-electron chi connectivity index (χ2n) is 6.93. The van der Waals surface area contributed by atoms with Gasteiger partial charge in [-0.3, -0.25) is 9.59 Å². The van der Waals surface area contributed by atoms with Gasteiger partial charge in [-0.25, -0.2) is 0 Å². The van der Waals surface area contributed by atoms with E-state index in [1.165, 1.54) is 11.6 Å². The molecule has 0 aliphatic carbocycles. The van der Waals surface area contributed by atoms with Crippen molar-refractivity contribution in [1.29, 1.82) is 0 Å². The second kappa shape index (κ2) is 7.16. The van der Waals surface area contributed by atoms with Crippen molar-refractivity contribution < 1.29 is 4.79 Å². The van der Waals surface area contributed by atoms with Gasteiger partial charge in [0.2, 0.25) is 0 Å². The Bertz CT molecular complexity index is 978. The number of carbonyl (C=O) groups is 1. The van der Waals surface area contributed by atoms with Crippen LogP contribution in [0, 0.1) is 0 Å². The maximum atomic E-state index is 13.2. The number of pyridine rings is 1. The average Bonchev–Trinajstić information content (AvgIpc) is 2.69. The molecule has 1 aliphatic rings. The maximum absolute atomic E-state index is 13.2. The zero-order valence-electron chi connectivity index (χ0n) is 14.7. The first-order chi connectivity index (χ1) is 12.7. The average molecular weight is 346 g/mol. The molecule has 0 saturated carbocycles. The number of fused-ring (bicyclic) bond motifs is 1. The molecule has 1 aliphatic heterocycles. The van der Waals surface area contributed by atoms with E-state index in [2.05, 4.69) is 17.1 Å². The molecule has 0 spiro atoms. The van der Waals surface area contributed by atoms with Crippen molar-refractivity contribution in [2.75, 3.05) is 6.54 Å². The van der Waals surface area contributed by atoms with Gasteiger partial charge < -0.3 is 9.88 Å². The summed E-state index contributed by atoms with van der Waals surface area (Å²) in [5.74, 6) is -0.0755. The largest absolute Gasteiger partial charge is 0.350 e. The number of rotatable bonds is 3. The topological polar surface area (TPSA) is 53.2 Å².